The van der Waals surface area contributed by atoms with E-state index in [-0.39, 0.29) is 0 Å². The molecule has 4 aromatic carbocycles. The Morgan fingerprint density at radius 2 is 1.18 bits per heavy atom. The second-order valence-electron chi connectivity index (χ2n) is 8.00. The van der Waals surface area contributed by atoms with Crippen LogP contribution in [0.25, 0.3) is 22.3 Å². The van der Waals surface area contributed by atoms with Crippen LogP contribution in [0.3, 0.4) is 0 Å². The Morgan fingerprint density at radius 3 is 1.82 bits per heavy atom. The van der Waals surface area contributed by atoms with E-state index in [4.69, 9.17) is 4.74 Å². The lowest BCUT2D eigenvalue weighted by Crippen LogP contribution is -2.16. The highest BCUT2D eigenvalue weighted by atomic mass is 16.5. The second-order valence-corrected chi connectivity index (χ2v) is 8.00. The maximum absolute atomic E-state index is 9.46. The molecule has 4 heteroatoms. The van der Waals surface area contributed by atoms with E-state index >= 15 is 0 Å². The summed E-state index contributed by atoms with van der Waals surface area (Å²) in [5.41, 5.74) is 7.67. The lowest BCUT2D eigenvalue weighted by Gasteiger charge is -2.34. The molecule has 0 N–H and O–H groups in total. The van der Waals surface area contributed by atoms with Crippen LogP contribution in [0.1, 0.15) is 5.56 Å². The van der Waals surface area contributed by atoms with Gasteiger partial charge in [0.1, 0.15) is 0 Å². The molecule has 1 aliphatic heterocycles. The average Bonchev–Trinajstić information content (AvgIpc) is 2.92. The third-order valence-corrected chi connectivity index (χ3v) is 6.03. The average molecular weight is 438 g/mol. The standard InChI is InChI=1S/C30H19N3O/c31-19-23-17-18-32-20-25(23)22-15-13-21(14-16-22)24-7-1-2-8-26(24)33-27-9-3-5-11-29(27)34-30-12-6-4-10-28(30)33/h1-18,20H. The first kappa shape index (κ1) is 19.8. The van der Waals surface area contributed by atoms with Crippen LogP contribution in [-0.4, -0.2) is 4.98 Å². The van der Waals surface area contributed by atoms with Gasteiger partial charge in [-0.15, -0.1) is 0 Å². The molecule has 0 fully saturated rings. The van der Waals surface area contributed by atoms with E-state index in [1.807, 2.05) is 48.5 Å². The van der Waals surface area contributed by atoms with E-state index in [1.165, 1.54) is 0 Å². The second kappa shape index (κ2) is 8.23. The van der Waals surface area contributed by atoms with Gasteiger partial charge in [0.05, 0.1) is 28.7 Å². The smallest absolute Gasteiger partial charge is 0.151 e. The Bertz CT molecular complexity index is 1500. The molecule has 0 aliphatic carbocycles. The highest BCUT2D eigenvalue weighted by Gasteiger charge is 2.26. The number of aromatic nitrogens is 1. The van der Waals surface area contributed by atoms with Gasteiger partial charge in [-0.05, 0) is 47.5 Å². The number of para-hydroxylation sites is 5. The minimum atomic E-state index is 0.615. The van der Waals surface area contributed by atoms with Crippen LogP contribution in [0.15, 0.2) is 116 Å². The van der Waals surface area contributed by atoms with Gasteiger partial charge < -0.3 is 9.64 Å². The summed E-state index contributed by atoms with van der Waals surface area (Å²) in [6.45, 7) is 0. The molecule has 0 radical (unpaired) electrons. The van der Waals surface area contributed by atoms with Gasteiger partial charge in [-0.1, -0.05) is 66.7 Å². The molecule has 0 spiro atoms. The zero-order valence-electron chi connectivity index (χ0n) is 18.2. The van der Waals surface area contributed by atoms with Crippen molar-refractivity contribution in [3.05, 3.63) is 121 Å². The third-order valence-electron chi connectivity index (χ3n) is 6.03. The molecule has 1 aromatic heterocycles. The SMILES string of the molecule is N#Cc1ccncc1-c1ccc(-c2ccccc2N2c3ccccc3Oc3ccccc32)cc1. The number of benzene rings is 4. The van der Waals surface area contributed by atoms with Crippen molar-refractivity contribution in [3.8, 4) is 39.8 Å². The molecule has 2 heterocycles. The molecule has 0 amide bonds. The molecular weight excluding hydrogens is 418 g/mol. The summed E-state index contributed by atoms with van der Waals surface area (Å²) in [6, 6.07) is 36.9. The Kier molecular flexibility index (Phi) is 4.79. The van der Waals surface area contributed by atoms with Crippen LogP contribution in [0, 0.1) is 11.3 Å². The molecule has 0 atom stereocenters. The van der Waals surface area contributed by atoms with Crippen LogP contribution >= 0.6 is 0 Å². The van der Waals surface area contributed by atoms with Gasteiger partial charge in [-0.25, -0.2) is 0 Å². The van der Waals surface area contributed by atoms with Crippen LogP contribution in [-0.2, 0) is 0 Å². The van der Waals surface area contributed by atoms with E-state index < -0.39 is 0 Å². The first-order valence-corrected chi connectivity index (χ1v) is 11.0. The maximum atomic E-state index is 9.46. The molecule has 0 unspecified atom stereocenters. The predicted molar refractivity (Wildman–Crippen MR) is 135 cm³/mol. The zero-order chi connectivity index (χ0) is 22.9. The van der Waals surface area contributed by atoms with Gasteiger partial charge in [0.25, 0.3) is 0 Å². The summed E-state index contributed by atoms with van der Waals surface area (Å²) in [6.07, 6.45) is 3.38. The van der Waals surface area contributed by atoms with Crippen molar-refractivity contribution in [1.82, 2.24) is 4.98 Å². The normalized spacial score (nSPS) is 11.7. The molecule has 34 heavy (non-hydrogen) atoms. The zero-order valence-corrected chi connectivity index (χ0v) is 18.2. The van der Waals surface area contributed by atoms with Crippen molar-refractivity contribution in [3.63, 3.8) is 0 Å². The first-order chi connectivity index (χ1) is 16.8. The van der Waals surface area contributed by atoms with Gasteiger partial charge in [0.15, 0.2) is 11.5 Å². The molecule has 0 saturated carbocycles. The highest BCUT2D eigenvalue weighted by Crippen LogP contribution is 2.51. The minimum Gasteiger partial charge on any atom is -0.453 e. The van der Waals surface area contributed by atoms with E-state index in [0.717, 1.165) is 50.8 Å². The number of hydrogen-bond acceptors (Lipinski definition) is 4. The number of nitriles is 1. The molecule has 5 aromatic rings. The van der Waals surface area contributed by atoms with Crippen LogP contribution in [0.2, 0.25) is 0 Å². The lowest BCUT2D eigenvalue weighted by atomic mass is 9.97. The van der Waals surface area contributed by atoms with Gasteiger partial charge in [-0.3, -0.25) is 4.98 Å². The number of anilines is 3. The van der Waals surface area contributed by atoms with Crippen LogP contribution < -0.4 is 9.64 Å². The predicted octanol–water partition coefficient (Wildman–Crippen LogP) is 7.86. The monoisotopic (exact) mass is 437 g/mol. The summed E-state index contributed by atoms with van der Waals surface area (Å²) < 4.78 is 6.19. The Morgan fingerprint density at radius 1 is 0.618 bits per heavy atom. The van der Waals surface area contributed by atoms with Crippen LogP contribution in [0.4, 0.5) is 17.1 Å². The van der Waals surface area contributed by atoms with Gasteiger partial charge in [-0.2, -0.15) is 5.26 Å². The number of pyridine rings is 1. The fraction of sp³-hybridized carbons (Fsp3) is 0. The Hall–Kier alpha value is -4.88. The fourth-order valence-corrected chi connectivity index (χ4v) is 4.43. The first-order valence-electron chi connectivity index (χ1n) is 11.0. The number of hydrogen-bond donors (Lipinski definition) is 0. The van der Waals surface area contributed by atoms with Crippen molar-refractivity contribution in [2.45, 2.75) is 0 Å². The number of fused-ring (bicyclic) bond motifs is 2. The number of nitrogens with zero attached hydrogens (tertiary/aromatic N) is 3. The molecule has 1 aliphatic rings. The summed E-state index contributed by atoms with van der Waals surface area (Å²) in [5.74, 6) is 1.65. The largest absolute Gasteiger partial charge is 0.453 e. The molecule has 160 valence electrons. The lowest BCUT2D eigenvalue weighted by molar-refractivity contribution is 0.477. The summed E-state index contributed by atoms with van der Waals surface area (Å²) in [5, 5.41) is 9.46. The van der Waals surface area contributed by atoms with Crippen molar-refractivity contribution >= 4 is 17.1 Å². The van der Waals surface area contributed by atoms with Crippen molar-refractivity contribution in [1.29, 1.82) is 5.26 Å². The quantitative estimate of drug-likeness (QED) is 0.283. The Labute approximate surface area is 198 Å². The van der Waals surface area contributed by atoms with E-state index in [1.54, 1.807) is 18.5 Å². The summed E-state index contributed by atoms with van der Waals surface area (Å²) in [7, 11) is 0. The van der Waals surface area contributed by atoms with Crippen LogP contribution in [0.5, 0.6) is 11.5 Å². The summed E-state index contributed by atoms with van der Waals surface area (Å²) in [4.78, 5) is 6.45. The highest BCUT2D eigenvalue weighted by molar-refractivity contribution is 5.93. The maximum Gasteiger partial charge on any atom is 0.151 e. The van der Waals surface area contributed by atoms with Gasteiger partial charge in [0.2, 0.25) is 0 Å². The van der Waals surface area contributed by atoms with Crippen molar-refractivity contribution < 1.29 is 4.74 Å². The molecule has 6 rings (SSSR count). The van der Waals surface area contributed by atoms with Gasteiger partial charge >= 0.3 is 0 Å². The van der Waals surface area contributed by atoms with Crippen molar-refractivity contribution in [2.75, 3.05) is 4.90 Å². The topological polar surface area (TPSA) is 49.2 Å². The van der Waals surface area contributed by atoms with Gasteiger partial charge in [0, 0.05) is 23.5 Å². The van der Waals surface area contributed by atoms with E-state index in [9.17, 15) is 5.26 Å². The molecule has 0 bridgehead atoms. The Balaban J connectivity index is 1.48. The van der Waals surface area contributed by atoms with E-state index in [0.29, 0.717) is 5.56 Å². The minimum absolute atomic E-state index is 0.615. The van der Waals surface area contributed by atoms with E-state index in [2.05, 4.69) is 64.5 Å². The fourth-order valence-electron chi connectivity index (χ4n) is 4.43. The number of rotatable bonds is 3. The number of ether oxygens (including phenoxy) is 1. The molecule has 0 saturated heterocycles. The van der Waals surface area contributed by atoms with Crippen molar-refractivity contribution in [2.24, 2.45) is 0 Å². The third kappa shape index (κ3) is 3.28. The molecule has 4 nitrogen and oxygen atoms in total. The summed E-state index contributed by atoms with van der Waals surface area (Å²) >= 11 is 0. The molecular formula is C30H19N3O.